The van der Waals surface area contributed by atoms with Gasteiger partial charge in [0, 0.05) is 17.1 Å². The number of amides is 1. The number of para-hydroxylation sites is 1. The van der Waals surface area contributed by atoms with Gasteiger partial charge in [-0.1, -0.05) is 25.1 Å². The number of nitrogens with one attached hydrogen (secondary N) is 2. The Morgan fingerprint density at radius 2 is 2.18 bits per heavy atom. The molecule has 0 aliphatic heterocycles. The number of hydrogen-bond donors (Lipinski definition) is 2. The highest BCUT2D eigenvalue weighted by Gasteiger charge is 2.27. The molecule has 3 rings (SSSR count). The molecule has 0 saturated carbocycles. The second-order valence-electron chi connectivity index (χ2n) is 5.67. The minimum atomic E-state index is 0.00203. The van der Waals surface area contributed by atoms with E-state index in [0.29, 0.717) is 0 Å². The number of thiophene rings is 1. The third-order valence-electron chi connectivity index (χ3n) is 4.21. The van der Waals surface area contributed by atoms with Crippen molar-refractivity contribution in [2.24, 2.45) is 0 Å². The smallest absolute Gasteiger partial charge is 0.231 e. The van der Waals surface area contributed by atoms with Crippen LogP contribution < -0.4 is 10.6 Å². The summed E-state index contributed by atoms with van der Waals surface area (Å²) in [6.45, 7) is 3.78. The van der Waals surface area contributed by atoms with Gasteiger partial charge in [-0.15, -0.1) is 11.3 Å². The molecule has 1 amide bonds. The fourth-order valence-corrected chi connectivity index (χ4v) is 4.02. The SMILES string of the molecule is CCNCc1ccccc1NC(=O)C1CCCc2sccc21. The summed E-state index contributed by atoms with van der Waals surface area (Å²) < 4.78 is 0. The zero-order valence-corrected chi connectivity index (χ0v) is 13.7. The van der Waals surface area contributed by atoms with Gasteiger partial charge in [0.05, 0.1) is 5.92 Å². The maximum Gasteiger partial charge on any atom is 0.231 e. The third-order valence-corrected chi connectivity index (χ3v) is 5.21. The van der Waals surface area contributed by atoms with Crippen LogP contribution in [0.25, 0.3) is 0 Å². The van der Waals surface area contributed by atoms with Crippen LogP contribution in [-0.4, -0.2) is 12.5 Å². The van der Waals surface area contributed by atoms with Crippen LogP contribution in [0.1, 0.15) is 41.7 Å². The van der Waals surface area contributed by atoms with E-state index in [-0.39, 0.29) is 11.8 Å². The molecule has 1 aromatic carbocycles. The maximum atomic E-state index is 12.7. The van der Waals surface area contributed by atoms with Crippen molar-refractivity contribution in [2.45, 2.75) is 38.6 Å². The molecule has 1 aliphatic rings. The van der Waals surface area contributed by atoms with E-state index in [4.69, 9.17) is 0 Å². The Hall–Kier alpha value is -1.65. The number of aryl methyl sites for hydroxylation is 1. The molecule has 0 spiro atoms. The topological polar surface area (TPSA) is 41.1 Å². The average molecular weight is 314 g/mol. The zero-order valence-electron chi connectivity index (χ0n) is 12.9. The molecule has 1 aliphatic carbocycles. The predicted molar refractivity (Wildman–Crippen MR) is 92.5 cm³/mol. The molecule has 4 heteroatoms. The molecule has 1 aromatic heterocycles. The summed E-state index contributed by atoms with van der Waals surface area (Å²) in [4.78, 5) is 14.1. The quantitative estimate of drug-likeness (QED) is 0.878. The molecule has 3 nitrogen and oxygen atoms in total. The summed E-state index contributed by atoms with van der Waals surface area (Å²) in [5, 5.41) is 8.57. The van der Waals surface area contributed by atoms with Crippen LogP contribution in [0.4, 0.5) is 5.69 Å². The van der Waals surface area contributed by atoms with Crippen molar-refractivity contribution >= 4 is 22.9 Å². The van der Waals surface area contributed by atoms with E-state index < -0.39 is 0 Å². The highest BCUT2D eigenvalue weighted by Crippen LogP contribution is 2.35. The van der Waals surface area contributed by atoms with Crippen molar-refractivity contribution < 1.29 is 4.79 Å². The molecule has 0 radical (unpaired) electrons. The number of anilines is 1. The van der Waals surface area contributed by atoms with Crippen molar-refractivity contribution in [3.63, 3.8) is 0 Å². The van der Waals surface area contributed by atoms with Gasteiger partial charge in [-0.3, -0.25) is 4.79 Å². The van der Waals surface area contributed by atoms with Gasteiger partial charge in [-0.2, -0.15) is 0 Å². The van der Waals surface area contributed by atoms with Gasteiger partial charge >= 0.3 is 0 Å². The summed E-state index contributed by atoms with van der Waals surface area (Å²) in [6.07, 6.45) is 3.17. The summed E-state index contributed by atoms with van der Waals surface area (Å²) in [5.74, 6) is 0.130. The lowest BCUT2D eigenvalue weighted by Gasteiger charge is -2.22. The van der Waals surface area contributed by atoms with E-state index in [0.717, 1.165) is 43.6 Å². The molecule has 0 fully saturated rings. The van der Waals surface area contributed by atoms with E-state index in [2.05, 4.69) is 35.1 Å². The van der Waals surface area contributed by atoms with E-state index in [9.17, 15) is 4.79 Å². The Morgan fingerprint density at radius 3 is 3.05 bits per heavy atom. The van der Waals surface area contributed by atoms with Crippen molar-refractivity contribution in [2.75, 3.05) is 11.9 Å². The highest BCUT2D eigenvalue weighted by atomic mass is 32.1. The van der Waals surface area contributed by atoms with Gasteiger partial charge in [-0.25, -0.2) is 0 Å². The Bertz CT molecular complexity index is 650. The molecule has 1 atom stereocenters. The number of carbonyl (C=O) groups excluding carboxylic acids is 1. The van der Waals surface area contributed by atoms with E-state index in [1.165, 1.54) is 10.4 Å². The lowest BCUT2D eigenvalue weighted by atomic mass is 9.87. The van der Waals surface area contributed by atoms with E-state index in [1.54, 1.807) is 11.3 Å². The number of benzene rings is 1. The van der Waals surface area contributed by atoms with E-state index in [1.807, 2.05) is 18.2 Å². The van der Waals surface area contributed by atoms with Crippen molar-refractivity contribution in [1.82, 2.24) is 5.32 Å². The first-order chi connectivity index (χ1) is 10.8. The lowest BCUT2D eigenvalue weighted by Crippen LogP contribution is -2.25. The summed E-state index contributed by atoms with van der Waals surface area (Å²) in [6, 6.07) is 10.2. The molecule has 2 N–H and O–H groups in total. The van der Waals surface area contributed by atoms with Crippen LogP contribution in [0.2, 0.25) is 0 Å². The van der Waals surface area contributed by atoms with Crippen LogP contribution in [-0.2, 0) is 17.8 Å². The number of rotatable bonds is 5. The first-order valence-electron chi connectivity index (χ1n) is 7.95. The number of carbonyl (C=O) groups is 1. The molecule has 1 unspecified atom stereocenters. The molecule has 22 heavy (non-hydrogen) atoms. The van der Waals surface area contributed by atoms with Crippen LogP contribution in [0.15, 0.2) is 35.7 Å². The van der Waals surface area contributed by atoms with Crippen LogP contribution in [0.3, 0.4) is 0 Å². The second-order valence-corrected chi connectivity index (χ2v) is 6.67. The minimum Gasteiger partial charge on any atom is -0.325 e. The van der Waals surface area contributed by atoms with Crippen LogP contribution in [0, 0.1) is 0 Å². The highest BCUT2D eigenvalue weighted by molar-refractivity contribution is 7.10. The van der Waals surface area contributed by atoms with Gasteiger partial charge in [0.1, 0.15) is 0 Å². The monoisotopic (exact) mass is 314 g/mol. The molecular weight excluding hydrogens is 292 g/mol. The Labute approximate surface area is 135 Å². The molecule has 2 aromatic rings. The standard InChI is InChI=1S/C18H22N2OS/c1-2-19-12-13-6-3-4-8-16(13)20-18(21)15-7-5-9-17-14(15)10-11-22-17/h3-4,6,8,10-11,15,19H,2,5,7,9,12H2,1H3,(H,20,21). The van der Waals surface area contributed by atoms with Gasteiger partial charge in [-0.05, 0) is 54.4 Å². The Balaban J connectivity index is 1.76. The fourth-order valence-electron chi connectivity index (χ4n) is 3.03. The molecule has 1 heterocycles. The second kappa shape index (κ2) is 7.07. The predicted octanol–water partition coefficient (Wildman–Crippen LogP) is 3.92. The van der Waals surface area contributed by atoms with Crippen LogP contribution >= 0.6 is 11.3 Å². The number of hydrogen-bond acceptors (Lipinski definition) is 3. The zero-order chi connectivity index (χ0) is 15.4. The molecule has 0 saturated heterocycles. The summed E-state index contributed by atoms with van der Waals surface area (Å²) in [5.41, 5.74) is 3.30. The van der Waals surface area contributed by atoms with Gasteiger partial charge in [0.2, 0.25) is 5.91 Å². The van der Waals surface area contributed by atoms with Crippen molar-refractivity contribution in [3.05, 3.63) is 51.7 Å². The Kier molecular flexibility index (Phi) is 4.90. The fraction of sp³-hybridized carbons (Fsp3) is 0.389. The maximum absolute atomic E-state index is 12.7. The largest absolute Gasteiger partial charge is 0.325 e. The first kappa shape index (κ1) is 15.3. The third kappa shape index (κ3) is 3.23. The van der Waals surface area contributed by atoms with Gasteiger partial charge < -0.3 is 10.6 Å². The summed E-state index contributed by atoms with van der Waals surface area (Å²) >= 11 is 1.78. The van der Waals surface area contributed by atoms with Crippen molar-refractivity contribution in [3.8, 4) is 0 Å². The Morgan fingerprint density at radius 1 is 1.32 bits per heavy atom. The van der Waals surface area contributed by atoms with Crippen LogP contribution in [0.5, 0.6) is 0 Å². The number of fused-ring (bicyclic) bond motifs is 1. The molecule has 0 bridgehead atoms. The minimum absolute atomic E-state index is 0.00203. The summed E-state index contributed by atoms with van der Waals surface area (Å²) in [7, 11) is 0. The molecular formula is C18H22N2OS. The van der Waals surface area contributed by atoms with E-state index >= 15 is 0 Å². The molecule has 116 valence electrons. The normalized spacial score (nSPS) is 17.0. The van der Waals surface area contributed by atoms with Gasteiger partial charge in [0.25, 0.3) is 0 Å². The average Bonchev–Trinajstić information content (AvgIpc) is 3.02. The lowest BCUT2D eigenvalue weighted by molar-refractivity contribution is -0.117. The first-order valence-corrected chi connectivity index (χ1v) is 8.83. The van der Waals surface area contributed by atoms with Crippen molar-refractivity contribution in [1.29, 1.82) is 0 Å². The van der Waals surface area contributed by atoms with Gasteiger partial charge in [0.15, 0.2) is 0 Å².